The average molecular weight is 283 g/mol. The molecule has 108 valence electrons. The molecule has 0 amide bonds. The van der Waals surface area contributed by atoms with Crippen LogP contribution in [0.2, 0.25) is 0 Å². The third kappa shape index (κ3) is 2.62. The topological polar surface area (TPSA) is 73.5 Å². The molecule has 1 aromatic carbocycles. The van der Waals surface area contributed by atoms with E-state index in [0.29, 0.717) is 0 Å². The molecule has 1 N–H and O–H groups in total. The first kappa shape index (κ1) is 13.3. The van der Waals surface area contributed by atoms with E-state index in [1.54, 1.807) is 4.68 Å². The molecule has 0 fully saturated rings. The van der Waals surface area contributed by atoms with Crippen molar-refractivity contribution in [3.8, 4) is 5.69 Å². The van der Waals surface area contributed by atoms with E-state index >= 15 is 0 Å². The zero-order valence-electron chi connectivity index (χ0n) is 12.3. The number of rotatable bonds is 4. The van der Waals surface area contributed by atoms with Crippen molar-refractivity contribution in [1.82, 2.24) is 30.0 Å². The molecule has 3 aromatic rings. The van der Waals surface area contributed by atoms with Gasteiger partial charge in [-0.3, -0.25) is 4.68 Å². The summed E-state index contributed by atoms with van der Waals surface area (Å²) < 4.78 is 3.58. The monoisotopic (exact) mass is 283 g/mol. The van der Waals surface area contributed by atoms with Crippen LogP contribution in [0.5, 0.6) is 0 Å². The molecule has 7 heteroatoms. The Bertz CT molecular complexity index is 756. The van der Waals surface area contributed by atoms with E-state index in [2.05, 4.69) is 32.9 Å². The second-order valence-corrected chi connectivity index (χ2v) is 4.92. The molecule has 0 aliphatic heterocycles. The number of aryl methyl sites for hydroxylation is 2. The molecule has 7 nitrogen and oxygen atoms in total. The summed E-state index contributed by atoms with van der Waals surface area (Å²) in [7, 11) is 1.94. The van der Waals surface area contributed by atoms with Crippen LogP contribution in [0.1, 0.15) is 17.1 Å². The van der Waals surface area contributed by atoms with Crippen molar-refractivity contribution in [2.75, 3.05) is 5.32 Å². The van der Waals surface area contributed by atoms with Crippen molar-refractivity contribution < 1.29 is 0 Å². The van der Waals surface area contributed by atoms with Crippen molar-refractivity contribution in [3.63, 3.8) is 0 Å². The van der Waals surface area contributed by atoms with Gasteiger partial charge in [-0.15, -0.1) is 5.10 Å². The van der Waals surface area contributed by atoms with Gasteiger partial charge in [0.05, 0.1) is 11.9 Å². The van der Waals surface area contributed by atoms with E-state index in [-0.39, 0.29) is 0 Å². The fourth-order valence-electron chi connectivity index (χ4n) is 2.13. The number of nitrogens with one attached hydrogen (secondary N) is 1. The molecular formula is C14H17N7. The summed E-state index contributed by atoms with van der Waals surface area (Å²) in [5.74, 6) is 0.759. The van der Waals surface area contributed by atoms with Crippen LogP contribution >= 0.6 is 0 Å². The molecule has 0 unspecified atom stereocenters. The van der Waals surface area contributed by atoms with Gasteiger partial charge in [0.15, 0.2) is 5.82 Å². The predicted molar refractivity (Wildman–Crippen MR) is 79.2 cm³/mol. The van der Waals surface area contributed by atoms with Crippen LogP contribution < -0.4 is 5.32 Å². The summed E-state index contributed by atoms with van der Waals surface area (Å²) in [5, 5.41) is 19.2. The number of benzene rings is 1. The number of nitrogens with zero attached hydrogens (tertiary/aromatic N) is 6. The van der Waals surface area contributed by atoms with Gasteiger partial charge in [0.1, 0.15) is 0 Å². The van der Waals surface area contributed by atoms with Gasteiger partial charge in [0.25, 0.3) is 0 Å². The first-order chi connectivity index (χ1) is 10.1. The third-order valence-corrected chi connectivity index (χ3v) is 3.54. The van der Waals surface area contributed by atoms with Gasteiger partial charge in [-0.1, -0.05) is 6.07 Å². The third-order valence-electron chi connectivity index (χ3n) is 3.54. The van der Waals surface area contributed by atoms with Gasteiger partial charge in [-0.25, -0.2) is 0 Å². The molecule has 0 bridgehead atoms. The number of hydrogen-bond acceptors (Lipinski definition) is 5. The molecule has 3 rings (SSSR count). The largest absolute Gasteiger partial charge is 0.381 e. The predicted octanol–water partition coefficient (Wildman–Crippen LogP) is 1.62. The van der Waals surface area contributed by atoms with E-state index in [4.69, 9.17) is 0 Å². The summed E-state index contributed by atoms with van der Waals surface area (Å²) in [6.07, 6.45) is 1.89. The Labute approximate surface area is 122 Å². The fourth-order valence-corrected chi connectivity index (χ4v) is 2.13. The first-order valence-corrected chi connectivity index (χ1v) is 6.72. The summed E-state index contributed by atoms with van der Waals surface area (Å²) in [6, 6.07) is 8.00. The quantitative estimate of drug-likeness (QED) is 0.787. The maximum absolute atomic E-state index is 4.24. The highest BCUT2D eigenvalue weighted by atomic mass is 15.5. The fraction of sp³-hybridized carbons (Fsp3) is 0.286. The van der Waals surface area contributed by atoms with E-state index in [9.17, 15) is 0 Å². The second kappa shape index (κ2) is 5.35. The lowest BCUT2D eigenvalue weighted by Gasteiger charge is -2.08. The van der Waals surface area contributed by atoms with E-state index in [0.717, 1.165) is 29.4 Å². The molecule has 0 aliphatic carbocycles. The Morgan fingerprint density at radius 1 is 1.24 bits per heavy atom. The number of anilines is 1. The highest BCUT2D eigenvalue weighted by molar-refractivity contribution is 5.51. The van der Waals surface area contributed by atoms with Crippen LogP contribution in [0, 0.1) is 13.8 Å². The molecule has 2 heterocycles. The molecule has 0 saturated carbocycles. The van der Waals surface area contributed by atoms with Crippen LogP contribution in [0.4, 0.5) is 5.69 Å². The van der Waals surface area contributed by atoms with E-state index in [1.807, 2.05) is 49.1 Å². The van der Waals surface area contributed by atoms with Gasteiger partial charge in [-0.05, 0) is 42.5 Å². The Morgan fingerprint density at radius 2 is 2.10 bits per heavy atom. The summed E-state index contributed by atoms with van der Waals surface area (Å²) in [5.41, 5.74) is 4.30. The highest BCUT2D eigenvalue weighted by Gasteiger charge is 2.06. The second-order valence-electron chi connectivity index (χ2n) is 4.92. The summed E-state index contributed by atoms with van der Waals surface area (Å²) in [6.45, 7) is 4.67. The lowest BCUT2D eigenvalue weighted by atomic mass is 10.2. The Balaban J connectivity index is 1.78. The number of tetrazole rings is 1. The molecular weight excluding hydrogens is 266 g/mol. The molecule has 21 heavy (non-hydrogen) atoms. The maximum atomic E-state index is 4.24. The Hall–Kier alpha value is -2.70. The minimum atomic E-state index is 0.734. The average Bonchev–Trinajstić information content (AvgIpc) is 3.05. The summed E-state index contributed by atoms with van der Waals surface area (Å²) >= 11 is 0. The minimum Gasteiger partial charge on any atom is -0.381 e. The lowest BCUT2D eigenvalue weighted by Crippen LogP contribution is -2.03. The van der Waals surface area contributed by atoms with Gasteiger partial charge >= 0.3 is 0 Å². The molecule has 0 aliphatic rings. The highest BCUT2D eigenvalue weighted by Crippen LogP contribution is 2.16. The smallest absolute Gasteiger partial charge is 0.153 e. The van der Waals surface area contributed by atoms with Crippen LogP contribution in [0.25, 0.3) is 5.69 Å². The van der Waals surface area contributed by atoms with Crippen molar-refractivity contribution in [2.45, 2.75) is 20.4 Å². The SMILES string of the molecule is Cc1c(CNc2cccc(-n3nnnc3C)c2)cnn1C. The van der Waals surface area contributed by atoms with Crippen molar-refractivity contribution in [1.29, 1.82) is 0 Å². The zero-order valence-corrected chi connectivity index (χ0v) is 12.3. The lowest BCUT2D eigenvalue weighted by molar-refractivity contribution is 0.738. The van der Waals surface area contributed by atoms with Crippen LogP contribution in [0.3, 0.4) is 0 Å². The van der Waals surface area contributed by atoms with Crippen LogP contribution in [0.15, 0.2) is 30.5 Å². The van der Waals surface area contributed by atoms with Crippen molar-refractivity contribution in [2.24, 2.45) is 7.05 Å². The minimum absolute atomic E-state index is 0.734. The molecule has 0 saturated heterocycles. The molecule has 0 spiro atoms. The molecule has 2 aromatic heterocycles. The number of hydrogen-bond donors (Lipinski definition) is 1. The normalized spacial score (nSPS) is 10.8. The molecule has 0 atom stereocenters. The zero-order chi connectivity index (χ0) is 14.8. The van der Waals surface area contributed by atoms with Crippen LogP contribution in [-0.2, 0) is 13.6 Å². The van der Waals surface area contributed by atoms with Crippen molar-refractivity contribution >= 4 is 5.69 Å². The Morgan fingerprint density at radius 3 is 2.76 bits per heavy atom. The summed E-state index contributed by atoms with van der Waals surface area (Å²) in [4.78, 5) is 0. The van der Waals surface area contributed by atoms with Crippen LogP contribution in [-0.4, -0.2) is 30.0 Å². The first-order valence-electron chi connectivity index (χ1n) is 6.72. The van der Waals surface area contributed by atoms with Crippen molar-refractivity contribution in [3.05, 3.63) is 47.5 Å². The van der Waals surface area contributed by atoms with Gasteiger partial charge in [-0.2, -0.15) is 9.78 Å². The van der Waals surface area contributed by atoms with E-state index in [1.165, 1.54) is 5.56 Å². The number of aromatic nitrogens is 6. The Kier molecular flexibility index (Phi) is 3.39. The maximum Gasteiger partial charge on any atom is 0.153 e. The van der Waals surface area contributed by atoms with Gasteiger partial charge in [0, 0.05) is 30.5 Å². The standard InChI is InChI=1S/C14H17N7/c1-10-12(9-16-20(10)3)8-15-13-5-4-6-14(7-13)21-11(2)17-18-19-21/h4-7,9,15H,8H2,1-3H3. The molecule has 0 radical (unpaired) electrons. The van der Waals surface area contributed by atoms with Gasteiger partial charge < -0.3 is 5.32 Å². The van der Waals surface area contributed by atoms with Gasteiger partial charge in [0.2, 0.25) is 0 Å². The van der Waals surface area contributed by atoms with E-state index < -0.39 is 0 Å².